The summed E-state index contributed by atoms with van der Waals surface area (Å²) in [6.45, 7) is 4.93. The molecule has 0 amide bonds. The molecule has 0 aliphatic heterocycles. The van der Waals surface area contributed by atoms with E-state index >= 15 is 0 Å². The van der Waals surface area contributed by atoms with Gasteiger partial charge in [0, 0.05) is 23.0 Å². The quantitative estimate of drug-likeness (QED) is 0.616. The van der Waals surface area contributed by atoms with Crippen molar-refractivity contribution in [2.24, 2.45) is 5.92 Å². The van der Waals surface area contributed by atoms with Crippen LogP contribution in [-0.2, 0) is 6.54 Å². The molecule has 0 unspecified atom stereocenters. The molecule has 1 atom stereocenters. The SMILES string of the molecule is CC(C)[C@@H](CO)Nc1nc(NCc2ccc(Br)cc2)cc(C2CC2)n1. The number of aliphatic hydroxyl groups excluding tert-OH is 1. The Balaban J connectivity index is 1.74. The molecular weight excluding hydrogens is 380 g/mol. The third-order valence-corrected chi connectivity index (χ3v) is 4.97. The summed E-state index contributed by atoms with van der Waals surface area (Å²) >= 11 is 3.45. The summed E-state index contributed by atoms with van der Waals surface area (Å²) in [5, 5.41) is 16.2. The number of halogens is 1. The van der Waals surface area contributed by atoms with E-state index in [1.54, 1.807) is 0 Å². The fraction of sp³-hybridized carbons (Fsp3) is 0.474. The summed E-state index contributed by atoms with van der Waals surface area (Å²) in [5.74, 6) is 2.26. The van der Waals surface area contributed by atoms with Gasteiger partial charge in [-0.05, 0) is 36.5 Å². The molecule has 0 spiro atoms. The van der Waals surface area contributed by atoms with E-state index in [0.717, 1.165) is 16.0 Å². The summed E-state index contributed by atoms with van der Waals surface area (Å²) in [4.78, 5) is 9.25. The highest BCUT2D eigenvalue weighted by Gasteiger charge is 2.26. The number of aliphatic hydroxyl groups is 1. The molecule has 0 saturated heterocycles. The maximum absolute atomic E-state index is 9.55. The van der Waals surface area contributed by atoms with Crippen LogP contribution in [0.4, 0.5) is 11.8 Å². The number of hydrogen-bond donors (Lipinski definition) is 3. The molecular formula is C19H25BrN4O. The van der Waals surface area contributed by atoms with Crippen LogP contribution in [0.2, 0.25) is 0 Å². The first kappa shape index (κ1) is 18.1. The first-order valence-electron chi connectivity index (χ1n) is 8.80. The maximum Gasteiger partial charge on any atom is 0.225 e. The summed E-state index contributed by atoms with van der Waals surface area (Å²) in [6, 6.07) is 10.2. The zero-order chi connectivity index (χ0) is 17.8. The lowest BCUT2D eigenvalue weighted by Gasteiger charge is -2.20. The van der Waals surface area contributed by atoms with Crippen LogP contribution in [0, 0.1) is 5.92 Å². The summed E-state index contributed by atoms with van der Waals surface area (Å²) in [5.41, 5.74) is 2.27. The fourth-order valence-electron chi connectivity index (χ4n) is 2.59. The Labute approximate surface area is 157 Å². The van der Waals surface area contributed by atoms with Crippen LogP contribution in [0.5, 0.6) is 0 Å². The molecule has 3 rings (SSSR count). The van der Waals surface area contributed by atoms with E-state index < -0.39 is 0 Å². The van der Waals surface area contributed by atoms with Gasteiger partial charge in [0.1, 0.15) is 5.82 Å². The second kappa shape index (κ2) is 8.15. The van der Waals surface area contributed by atoms with Crippen LogP contribution >= 0.6 is 15.9 Å². The third-order valence-electron chi connectivity index (χ3n) is 4.44. The lowest BCUT2D eigenvalue weighted by atomic mass is 10.1. The molecule has 2 aromatic rings. The van der Waals surface area contributed by atoms with E-state index in [2.05, 4.69) is 62.5 Å². The van der Waals surface area contributed by atoms with Crippen LogP contribution in [0.1, 0.15) is 43.9 Å². The van der Waals surface area contributed by atoms with Gasteiger partial charge in [-0.25, -0.2) is 4.98 Å². The van der Waals surface area contributed by atoms with Crippen molar-refractivity contribution in [3.05, 3.63) is 46.1 Å². The Morgan fingerprint density at radius 2 is 1.92 bits per heavy atom. The largest absolute Gasteiger partial charge is 0.394 e. The van der Waals surface area contributed by atoms with Gasteiger partial charge >= 0.3 is 0 Å². The summed E-state index contributed by atoms with van der Waals surface area (Å²) < 4.78 is 1.07. The molecule has 1 aromatic carbocycles. The Morgan fingerprint density at radius 1 is 1.20 bits per heavy atom. The van der Waals surface area contributed by atoms with E-state index in [-0.39, 0.29) is 12.6 Å². The van der Waals surface area contributed by atoms with Gasteiger partial charge in [-0.3, -0.25) is 0 Å². The van der Waals surface area contributed by atoms with Gasteiger partial charge in [0.25, 0.3) is 0 Å². The van der Waals surface area contributed by atoms with Gasteiger partial charge in [0.2, 0.25) is 5.95 Å². The summed E-state index contributed by atoms with van der Waals surface area (Å²) in [6.07, 6.45) is 2.38. The number of rotatable bonds is 8. The van der Waals surface area contributed by atoms with E-state index in [1.165, 1.54) is 18.4 Å². The molecule has 1 saturated carbocycles. The molecule has 1 heterocycles. The second-order valence-corrected chi connectivity index (χ2v) is 7.85. The zero-order valence-electron chi connectivity index (χ0n) is 14.7. The minimum absolute atomic E-state index is 0.0474. The highest BCUT2D eigenvalue weighted by Crippen LogP contribution is 2.40. The van der Waals surface area contributed by atoms with Crippen molar-refractivity contribution in [2.75, 3.05) is 17.2 Å². The van der Waals surface area contributed by atoms with Crippen molar-refractivity contribution in [3.63, 3.8) is 0 Å². The van der Waals surface area contributed by atoms with Crippen LogP contribution < -0.4 is 10.6 Å². The van der Waals surface area contributed by atoms with Crippen molar-refractivity contribution < 1.29 is 5.11 Å². The first-order valence-corrected chi connectivity index (χ1v) is 9.59. The van der Waals surface area contributed by atoms with Gasteiger partial charge in [-0.2, -0.15) is 4.98 Å². The third kappa shape index (κ3) is 5.16. The minimum Gasteiger partial charge on any atom is -0.394 e. The number of hydrogen-bond acceptors (Lipinski definition) is 5. The molecule has 6 heteroatoms. The van der Waals surface area contributed by atoms with Gasteiger partial charge in [0.05, 0.1) is 18.3 Å². The predicted octanol–water partition coefficient (Wildman–Crippen LogP) is 4.16. The van der Waals surface area contributed by atoms with E-state index in [1.807, 2.05) is 18.2 Å². The van der Waals surface area contributed by atoms with Crippen molar-refractivity contribution >= 4 is 27.7 Å². The highest BCUT2D eigenvalue weighted by atomic mass is 79.9. The van der Waals surface area contributed by atoms with Crippen LogP contribution in [0.15, 0.2) is 34.8 Å². The molecule has 0 radical (unpaired) electrons. The number of nitrogens with zero attached hydrogens (tertiary/aromatic N) is 2. The smallest absolute Gasteiger partial charge is 0.225 e. The molecule has 25 heavy (non-hydrogen) atoms. The fourth-order valence-corrected chi connectivity index (χ4v) is 2.86. The van der Waals surface area contributed by atoms with Crippen molar-refractivity contribution in [3.8, 4) is 0 Å². The van der Waals surface area contributed by atoms with E-state index in [9.17, 15) is 5.11 Å². The van der Waals surface area contributed by atoms with Crippen LogP contribution in [-0.4, -0.2) is 27.7 Å². The monoisotopic (exact) mass is 404 g/mol. The molecule has 134 valence electrons. The molecule has 1 fully saturated rings. The second-order valence-electron chi connectivity index (χ2n) is 6.93. The Hall–Kier alpha value is -1.66. The number of anilines is 2. The lowest BCUT2D eigenvalue weighted by molar-refractivity contribution is 0.248. The topological polar surface area (TPSA) is 70.1 Å². The molecule has 1 aromatic heterocycles. The number of benzene rings is 1. The number of aromatic nitrogens is 2. The Kier molecular flexibility index (Phi) is 5.91. The lowest BCUT2D eigenvalue weighted by Crippen LogP contribution is -2.30. The number of nitrogens with one attached hydrogen (secondary N) is 2. The van der Waals surface area contributed by atoms with Crippen molar-refractivity contribution in [1.82, 2.24) is 9.97 Å². The van der Waals surface area contributed by atoms with Gasteiger partial charge in [0.15, 0.2) is 0 Å². The maximum atomic E-state index is 9.55. The van der Waals surface area contributed by atoms with Gasteiger partial charge < -0.3 is 15.7 Å². The van der Waals surface area contributed by atoms with Gasteiger partial charge in [-0.1, -0.05) is 41.9 Å². The van der Waals surface area contributed by atoms with Gasteiger partial charge in [-0.15, -0.1) is 0 Å². The normalized spacial score (nSPS) is 15.2. The standard InChI is InChI=1S/C19H25BrN4O/c1-12(2)17(11-25)23-19-22-16(14-5-6-14)9-18(24-19)21-10-13-3-7-15(20)8-4-13/h3-4,7-9,12,14,17,25H,5-6,10-11H2,1-2H3,(H2,21,22,23,24)/t17-/m1/s1. The van der Waals surface area contributed by atoms with Crippen molar-refractivity contribution in [1.29, 1.82) is 0 Å². The van der Waals surface area contributed by atoms with Crippen molar-refractivity contribution in [2.45, 2.75) is 45.2 Å². The summed E-state index contributed by atoms with van der Waals surface area (Å²) in [7, 11) is 0. The van der Waals surface area contributed by atoms with E-state index in [4.69, 9.17) is 0 Å². The molecule has 1 aliphatic rings. The molecule has 3 N–H and O–H groups in total. The average molecular weight is 405 g/mol. The average Bonchev–Trinajstić information content (AvgIpc) is 3.44. The molecule has 5 nitrogen and oxygen atoms in total. The predicted molar refractivity (Wildman–Crippen MR) is 105 cm³/mol. The highest BCUT2D eigenvalue weighted by molar-refractivity contribution is 9.10. The molecule has 1 aliphatic carbocycles. The first-order chi connectivity index (χ1) is 12.0. The molecule has 0 bridgehead atoms. The Bertz CT molecular complexity index is 701. The minimum atomic E-state index is -0.0474. The Morgan fingerprint density at radius 3 is 2.52 bits per heavy atom. The van der Waals surface area contributed by atoms with Crippen LogP contribution in [0.25, 0.3) is 0 Å². The van der Waals surface area contributed by atoms with Crippen LogP contribution in [0.3, 0.4) is 0 Å². The van der Waals surface area contributed by atoms with E-state index in [0.29, 0.717) is 24.3 Å². The zero-order valence-corrected chi connectivity index (χ0v) is 16.3.